The lowest BCUT2D eigenvalue weighted by Crippen LogP contribution is -2.46. The van der Waals surface area contributed by atoms with Gasteiger partial charge in [-0.3, -0.25) is 4.79 Å². The van der Waals surface area contributed by atoms with Crippen LogP contribution in [-0.2, 0) is 4.79 Å². The molecule has 1 saturated heterocycles. The number of aryl methyl sites for hydroxylation is 1. The summed E-state index contributed by atoms with van der Waals surface area (Å²) >= 11 is 0. The van der Waals surface area contributed by atoms with Gasteiger partial charge in [-0.2, -0.15) is 5.26 Å². The van der Waals surface area contributed by atoms with Gasteiger partial charge in [0.15, 0.2) is 0 Å². The number of carbonyl (C=O) groups excluding carboxylic acids is 1. The lowest BCUT2D eigenvalue weighted by molar-refractivity contribution is -0.150. The molecule has 2 amide bonds. The number of likely N-dealkylation sites (tertiary alicyclic amines) is 1. The van der Waals surface area contributed by atoms with Crippen LogP contribution < -0.4 is 10.1 Å². The number of urea groups is 1. The number of hydrogen-bond donors (Lipinski definition) is 2. The normalized spacial score (nSPS) is 15.3. The lowest BCUT2D eigenvalue weighted by Gasteiger charge is -2.36. The molecule has 2 aromatic carbocycles. The molecule has 0 radical (unpaired) electrons. The van der Waals surface area contributed by atoms with Crippen LogP contribution in [0.1, 0.15) is 30.9 Å². The number of carboxylic acids is 1. The number of anilines is 1. The number of nitrogens with zero attached hydrogens (tertiary/aromatic N) is 2. The third-order valence-electron chi connectivity index (χ3n) is 5.33. The molecule has 2 N–H and O–H groups in total. The zero-order valence-electron chi connectivity index (χ0n) is 16.4. The van der Waals surface area contributed by atoms with E-state index in [0.717, 1.165) is 5.56 Å². The molecule has 3 rings (SSSR count). The second-order valence-corrected chi connectivity index (χ2v) is 7.50. The number of aliphatic carboxylic acids is 1. The largest absolute Gasteiger partial charge is 0.481 e. The average molecular weight is 393 g/mol. The number of ether oxygens (including phenoxy) is 1. The molecule has 1 heterocycles. The van der Waals surface area contributed by atoms with Gasteiger partial charge >= 0.3 is 12.0 Å². The van der Waals surface area contributed by atoms with Crippen LogP contribution in [0, 0.1) is 23.7 Å². The zero-order chi connectivity index (χ0) is 21.0. The first-order valence-electron chi connectivity index (χ1n) is 9.39. The Hall–Kier alpha value is -3.53. The molecule has 0 unspecified atom stereocenters. The molecule has 2 aromatic rings. The number of rotatable bonds is 4. The van der Waals surface area contributed by atoms with Crippen LogP contribution in [0.3, 0.4) is 0 Å². The van der Waals surface area contributed by atoms with E-state index >= 15 is 0 Å². The highest BCUT2D eigenvalue weighted by molar-refractivity contribution is 5.90. The van der Waals surface area contributed by atoms with Gasteiger partial charge in [0.2, 0.25) is 0 Å². The summed E-state index contributed by atoms with van der Waals surface area (Å²) in [6.45, 7) is 4.42. The lowest BCUT2D eigenvalue weighted by atomic mass is 9.80. The van der Waals surface area contributed by atoms with Gasteiger partial charge in [0.05, 0.1) is 17.0 Å². The second kappa shape index (κ2) is 8.23. The minimum absolute atomic E-state index is 0.235. The number of carboxylic acid groups (broad SMARTS) is 1. The summed E-state index contributed by atoms with van der Waals surface area (Å²) < 4.78 is 5.79. The Bertz CT molecular complexity index is 955. The molecule has 1 aliphatic heterocycles. The number of amides is 2. The first-order chi connectivity index (χ1) is 13.8. The molecular weight excluding hydrogens is 370 g/mol. The number of carbonyl (C=O) groups is 2. The summed E-state index contributed by atoms with van der Waals surface area (Å²) in [6.07, 6.45) is 0.873. The van der Waals surface area contributed by atoms with Gasteiger partial charge in [-0.1, -0.05) is 0 Å². The van der Waals surface area contributed by atoms with Crippen molar-refractivity contribution in [3.8, 4) is 17.6 Å². The molecule has 7 heteroatoms. The van der Waals surface area contributed by atoms with Crippen LogP contribution in [0.15, 0.2) is 42.5 Å². The van der Waals surface area contributed by atoms with Crippen LogP contribution in [0.2, 0.25) is 0 Å². The highest BCUT2D eigenvalue weighted by atomic mass is 16.5. The molecule has 0 spiro atoms. The van der Waals surface area contributed by atoms with Gasteiger partial charge in [0, 0.05) is 18.8 Å². The summed E-state index contributed by atoms with van der Waals surface area (Å²) in [6, 6.07) is 14.0. The smallest absolute Gasteiger partial charge is 0.321 e. The molecule has 1 aliphatic rings. The predicted molar refractivity (Wildman–Crippen MR) is 108 cm³/mol. The van der Waals surface area contributed by atoms with E-state index in [4.69, 9.17) is 10.00 Å². The van der Waals surface area contributed by atoms with Crippen molar-refractivity contribution in [1.82, 2.24) is 4.90 Å². The highest BCUT2D eigenvalue weighted by Gasteiger charge is 2.38. The summed E-state index contributed by atoms with van der Waals surface area (Å²) in [5.74, 6) is 0.432. The monoisotopic (exact) mass is 393 g/mol. The third kappa shape index (κ3) is 4.66. The van der Waals surface area contributed by atoms with Crippen LogP contribution in [0.4, 0.5) is 10.5 Å². The van der Waals surface area contributed by atoms with Crippen molar-refractivity contribution in [2.75, 3.05) is 18.4 Å². The molecule has 0 aromatic heterocycles. The van der Waals surface area contributed by atoms with Crippen molar-refractivity contribution in [3.63, 3.8) is 0 Å². The van der Waals surface area contributed by atoms with E-state index in [1.807, 2.05) is 13.0 Å². The molecule has 0 aliphatic carbocycles. The fourth-order valence-electron chi connectivity index (χ4n) is 3.18. The van der Waals surface area contributed by atoms with E-state index in [9.17, 15) is 14.7 Å². The maximum absolute atomic E-state index is 12.5. The van der Waals surface area contributed by atoms with Crippen LogP contribution in [-0.4, -0.2) is 35.1 Å². The van der Waals surface area contributed by atoms with Crippen molar-refractivity contribution in [1.29, 1.82) is 5.26 Å². The number of nitriles is 1. The van der Waals surface area contributed by atoms with Crippen molar-refractivity contribution >= 4 is 17.7 Å². The van der Waals surface area contributed by atoms with E-state index in [1.54, 1.807) is 48.2 Å². The van der Waals surface area contributed by atoms with Gasteiger partial charge in [0.1, 0.15) is 11.5 Å². The van der Waals surface area contributed by atoms with Gasteiger partial charge in [0.25, 0.3) is 0 Å². The second-order valence-electron chi connectivity index (χ2n) is 7.50. The predicted octanol–water partition coefficient (Wildman–Crippen LogP) is 4.38. The molecule has 7 nitrogen and oxygen atoms in total. The number of nitrogens with one attached hydrogen (secondary N) is 1. The standard InChI is InChI=1S/C22H23N3O4/c1-15-13-18(29-17-5-3-16(14-23)4-6-17)7-8-19(15)24-21(28)25-11-9-22(2,10-12-25)20(26)27/h3-8,13H,9-12H2,1-2H3,(H,24,28)(H,26,27). The molecule has 0 saturated carbocycles. The molecule has 29 heavy (non-hydrogen) atoms. The van der Waals surface area contributed by atoms with E-state index < -0.39 is 11.4 Å². The van der Waals surface area contributed by atoms with Crippen molar-refractivity contribution in [3.05, 3.63) is 53.6 Å². The SMILES string of the molecule is Cc1cc(Oc2ccc(C#N)cc2)ccc1NC(=O)N1CCC(C)(C(=O)O)CC1. The Morgan fingerprint density at radius 3 is 2.31 bits per heavy atom. The Balaban J connectivity index is 1.61. The van der Waals surface area contributed by atoms with Gasteiger partial charge in [-0.05, 0) is 74.7 Å². The number of hydrogen-bond acceptors (Lipinski definition) is 4. The fraction of sp³-hybridized carbons (Fsp3) is 0.318. The maximum Gasteiger partial charge on any atom is 0.321 e. The first-order valence-corrected chi connectivity index (χ1v) is 9.39. The molecular formula is C22H23N3O4. The Kier molecular flexibility index (Phi) is 5.74. The van der Waals surface area contributed by atoms with Crippen LogP contribution >= 0.6 is 0 Å². The Morgan fingerprint density at radius 1 is 1.14 bits per heavy atom. The summed E-state index contributed by atoms with van der Waals surface area (Å²) in [5, 5.41) is 21.0. The molecule has 0 atom stereocenters. The van der Waals surface area contributed by atoms with E-state index in [1.165, 1.54) is 0 Å². The van der Waals surface area contributed by atoms with E-state index in [2.05, 4.69) is 11.4 Å². The number of benzene rings is 2. The zero-order valence-corrected chi connectivity index (χ0v) is 16.4. The third-order valence-corrected chi connectivity index (χ3v) is 5.33. The molecule has 1 fully saturated rings. The van der Waals surface area contributed by atoms with Crippen molar-refractivity contribution < 1.29 is 19.4 Å². The average Bonchev–Trinajstić information content (AvgIpc) is 2.71. The van der Waals surface area contributed by atoms with Crippen molar-refractivity contribution in [2.45, 2.75) is 26.7 Å². The molecule has 150 valence electrons. The van der Waals surface area contributed by atoms with Crippen molar-refractivity contribution in [2.24, 2.45) is 5.41 Å². The quantitative estimate of drug-likeness (QED) is 0.802. The minimum atomic E-state index is -0.814. The summed E-state index contributed by atoms with van der Waals surface area (Å²) in [7, 11) is 0. The highest BCUT2D eigenvalue weighted by Crippen LogP contribution is 2.32. The maximum atomic E-state index is 12.5. The van der Waals surface area contributed by atoms with Crippen LogP contribution in [0.25, 0.3) is 0 Å². The van der Waals surface area contributed by atoms with Gasteiger partial charge in [-0.25, -0.2) is 4.79 Å². The minimum Gasteiger partial charge on any atom is -0.481 e. The first kappa shape index (κ1) is 20.2. The van der Waals surface area contributed by atoms with Gasteiger partial charge < -0.3 is 20.1 Å². The van der Waals surface area contributed by atoms with Gasteiger partial charge in [-0.15, -0.1) is 0 Å². The Morgan fingerprint density at radius 2 is 1.76 bits per heavy atom. The number of piperidine rings is 1. The molecule has 0 bridgehead atoms. The fourth-order valence-corrected chi connectivity index (χ4v) is 3.18. The topological polar surface area (TPSA) is 103 Å². The van der Waals surface area contributed by atoms with E-state index in [-0.39, 0.29) is 6.03 Å². The Labute approximate surface area is 169 Å². The summed E-state index contributed by atoms with van der Waals surface area (Å²) in [4.78, 5) is 25.5. The summed E-state index contributed by atoms with van der Waals surface area (Å²) in [5.41, 5.74) is 1.32. The van der Waals surface area contributed by atoms with Crippen LogP contribution in [0.5, 0.6) is 11.5 Å². The van der Waals surface area contributed by atoms with E-state index in [0.29, 0.717) is 48.7 Å².